The van der Waals surface area contributed by atoms with Crippen molar-refractivity contribution in [3.63, 3.8) is 0 Å². The van der Waals surface area contributed by atoms with Crippen molar-refractivity contribution in [3.8, 4) is 42.4 Å². The Bertz CT molecular complexity index is 2140. The molecule has 0 radical (unpaired) electrons. The van der Waals surface area contributed by atoms with E-state index in [-0.39, 0.29) is 0 Å². The van der Waals surface area contributed by atoms with E-state index >= 15 is 0 Å². The van der Waals surface area contributed by atoms with Gasteiger partial charge in [-0.15, -0.1) is 22.7 Å². The van der Waals surface area contributed by atoms with Gasteiger partial charge in [-0.05, 0) is 93.9 Å². The van der Waals surface area contributed by atoms with Crippen LogP contribution in [-0.2, 0) is 0 Å². The Morgan fingerprint density at radius 1 is 0.311 bits per heavy atom. The first-order valence-corrected chi connectivity index (χ1v) is 16.7. The average Bonchev–Trinajstić information content (AvgIpc) is 3.79. The molecule has 45 heavy (non-hydrogen) atoms. The highest BCUT2D eigenvalue weighted by Gasteiger charge is 2.15. The Morgan fingerprint density at radius 2 is 0.733 bits per heavy atom. The summed E-state index contributed by atoms with van der Waals surface area (Å²) < 4.78 is 1.32. The number of hydrogen-bond donors (Lipinski definition) is 0. The van der Waals surface area contributed by atoms with Crippen LogP contribution in [0, 0.1) is 0 Å². The van der Waals surface area contributed by atoms with Crippen molar-refractivity contribution < 1.29 is 0 Å². The summed E-state index contributed by atoms with van der Waals surface area (Å²) in [5.41, 5.74) is 9.53. The molecule has 8 rings (SSSR count). The molecule has 2 heterocycles. The quantitative estimate of drug-likeness (QED) is 0.173. The topological polar surface area (TPSA) is 3.24 Å². The van der Waals surface area contributed by atoms with Crippen LogP contribution in [0.25, 0.3) is 52.5 Å². The van der Waals surface area contributed by atoms with E-state index in [9.17, 15) is 0 Å². The molecule has 0 aliphatic rings. The normalized spacial score (nSPS) is 11.1. The molecular weight excluding hydrogens is 583 g/mol. The Balaban J connectivity index is 1.14. The molecule has 214 valence electrons. The number of anilines is 3. The molecule has 0 saturated heterocycles. The second-order valence-electron chi connectivity index (χ2n) is 11.0. The van der Waals surface area contributed by atoms with E-state index < -0.39 is 0 Å². The molecule has 0 atom stereocenters. The molecule has 8 aromatic rings. The van der Waals surface area contributed by atoms with Gasteiger partial charge < -0.3 is 4.90 Å². The van der Waals surface area contributed by atoms with Crippen molar-refractivity contribution in [2.75, 3.05) is 4.90 Å². The molecule has 3 heteroatoms. The second kappa shape index (κ2) is 12.0. The zero-order valence-corrected chi connectivity index (χ0v) is 26.1. The summed E-state index contributed by atoms with van der Waals surface area (Å²) >= 11 is 3.68. The minimum Gasteiger partial charge on any atom is -0.311 e. The predicted molar refractivity (Wildman–Crippen MR) is 196 cm³/mol. The molecule has 0 fully saturated rings. The van der Waals surface area contributed by atoms with Gasteiger partial charge in [0, 0.05) is 36.4 Å². The van der Waals surface area contributed by atoms with Crippen molar-refractivity contribution in [2.45, 2.75) is 0 Å². The Kier molecular flexibility index (Phi) is 7.32. The lowest BCUT2D eigenvalue weighted by Gasteiger charge is -2.26. The van der Waals surface area contributed by atoms with Crippen molar-refractivity contribution in [3.05, 3.63) is 176 Å². The molecular formula is C42H29NS2. The number of rotatable bonds is 7. The molecule has 0 spiro atoms. The molecule has 6 aromatic carbocycles. The number of nitrogens with zero attached hydrogens (tertiary/aromatic N) is 1. The van der Waals surface area contributed by atoms with Gasteiger partial charge >= 0.3 is 0 Å². The van der Waals surface area contributed by atoms with Gasteiger partial charge in [-0.3, -0.25) is 0 Å². The van der Waals surface area contributed by atoms with E-state index in [0.29, 0.717) is 0 Å². The number of hydrogen-bond acceptors (Lipinski definition) is 3. The lowest BCUT2D eigenvalue weighted by atomic mass is 10.0. The van der Waals surface area contributed by atoms with E-state index in [4.69, 9.17) is 0 Å². The highest BCUT2D eigenvalue weighted by atomic mass is 32.1. The van der Waals surface area contributed by atoms with Gasteiger partial charge in [-0.2, -0.15) is 0 Å². The fraction of sp³-hybridized carbons (Fsp3) is 0. The van der Waals surface area contributed by atoms with E-state index in [1.807, 2.05) is 22.7 Å². The summed E-state index contributed by atoms with van der Waals surface area (Å²) in [4.78, 5) is 6.19. The molecule has 0 N–H and O–H groups in total. The summed E-state index contributed by atoms with van der Waals surface area (Å²) in [6.45, 7) is 0. The van der Waals surface area contributed by atoms with Crippen molar-refractivity contribution in [1.82, 2.24) is 0 Å². The monoisotopic (exact) mass is 611 g/mol. The van der Waals surface area contributed by atoms with Gasteiger partial charge in [0.15, 0.2) is 0 Å². The summed E-state index contributed by atoms with van der Waals surface area (Å²) in [7, 11) is 0. The molecule has 1 nitrogen and oxygen atoms in total. The Hall–Kier alpha value is -5.22. The predicted octanol–water partition coefficient (Wildman–Crippen LogP) is 13.1. The Morgan fingerprint density at radius 3 is 1.29 bits per heavy atom. The SMILES string of the molecule is c1ccc(-c2ccc(N(c3ccc(-c4ccc(-c5ccccc5)s4)cc3)c3ccc(-c4cc5ccccc5s4)cc3)cc2)cc1. The van der Waals surface area contributed by atoms with Crippen molar-refractivity contribution >= 4 is 49.8 Å². The van der Waals surface area contributed by atoms with E-state index in [2.05, 4.69) is 181 Å². The second-order valence-corrected chi connectivity index (χ2v) is 13.2. The van der Waals surface area contributed by atoms with Gasteiger partial charge in [0.2, 0.25) is 0 Å². The maximum atomic E-state index is 2.34. The van der Waals surface area contributed by atoms with Gasteiger partial charge in [0.1, 0.15) is 0 Å². The van der Waals surface area contributed by atoms with Crippen LogP contribution in [0.4, 0.5) is 17.1 Å². The Labute approximate surface area is 271 Å². The molecule has 0 aliphatic carbocycles. The summed E-state index contributed by atoms with van der Waals surface area (Å²) in [5, 5.41) is 1.29. The minimum atomic E-state index is 1.12. The van der Waals surface area contributed by atoms with Crippen LogP contribution in [0.15, 0.2) is 176 Å². The first-order chi connectivity index (χ1) is 22.3. The third-order valence-corrected chi connectivity index (χ3v) is 10.5. The highest BCUT2D eigenvalue weighted by Crippen LogP contribution is 2.40. The van der Waals surface area contributed by atoms with Crippen molar-refractivity contribution in [2.24, 2.45) is 0 Å². The zero-order valence-electron chi connectivity index (χ0n) is 24.5. The highest BCUT2D eigenvalue weighted by molar-refractivity contribution is 7.22. The third kappa shape index (κ3) is 5.60. The van der Waals surface area contributed by atoms with Crippen LogP contribution in [0.5, 0.6) is 0 Å². The first-order valence-electron chi connectivity index (χ1n) is 15.1. The number of fused-ring (bicyclic) bond motifs is 1. The maximum absolute atomic E-state index is 2.34. The summed E-state index contributed by atoms with van der Waals surface area (Å²) in [6, 6.07) is 63.3. The van der Waals surface area contributed by atoms with Crippen molar-refractivity contribution in [1.29, 1.82) is 0 Å². The van der Waals surface area contributed by atoms with E-state index in [1.54, 1.807) is 0 Å². The van der Waals surface area contributed by atoms with Crippen LogP contribution < -0.4 is 4.90 Å². The molecule has 0 saturated carbocycles. The smallest absolute Gasteiger partial charge is 0.0462 e. The van der Waals surface area contributed by atoms with Gasteiger partial charge in [-0.1, -0.05) is 115 Å². The van der Waals surface area contributed by atoms with E-state index in [0.717, 1.165) is 17.1 Å². The van der Waals surface area contributed by atoms with Crippen LogP contribution >= 0.6 is 22.7 Å². The van der Waals surface area contributed by atoms with Crippen LogP contribution in [0.2, 0.25) is 0 Å². The molecule has 0 aliphatic heterocycles. The summed E-state index contributed by atoms with van der Waals surface area (Å²) in [5.74, 6) is 0. The standard InChI is InChI=1S/C42H29NS2/c1-3-9-30(10-4-1)31-15-21-36(22-16-31)43(38-25-19-34(20-26-38)42-29-35-13-7-8-14-39(35)45-42)37-23-17-33(18-24-37)41-28-27-40(44-41)32-11-5-2-6-12-32/h1-29H. The molecule has 2 aromatic heterocycles. The fourth-order valence-electron chi connectivity index (χ4n) is 5.81. The summed E-state index contributed by atoms with van der Waals surface area (Å²) in [6.07, 6.45) is 0. The lowest BCUT2D eigenvalue weighted by Crippen LogP contribution is -2.09. The minimum absolute atomic E-state index is 1.12. The van der Waals surface area contributed by atoms with Crippen LogP contribution in [0.1, 0.15) is 0 Å². The van der Waals surface area contributed by atoms with Crippen LogP contribution in [0.3, 0.4) is 0 Å². The largest absolute Gasteiger partial charge is 0.311 e. The molecule has 0 unspecified atom stereocenters. The van der Waals surface area contributed by atoms with Gasteiger partial charge in [0.05, 0.1) is 0 Å². The zero-order chi connectivity index (χ0) is 30.0. The first kappa shape index (κ1) is 27.3. The van der Waals surface area contributed by atoms with Gasteiger partial charge in [-0.25, -0.2) is 0 Å². The number of benzene rings is 6. The lowest BCUT2D eigenvalue weighted by molar-refractivity contribution is 1.28. The third-order valence-electron chi connectivity index (χ3n) is 8.14. The molecule has 0 amide bonds. The van der Waals surface area contributed by atoms with E-state index in [1.165, 1.54) is 52.5 Å². The number of thiophene rings is 2. The molecule has 0 bridgehead atoms. The maximum Gasteiger partial charge on any atom is 0.0462 e. The van der Waals surface area contributed by atoms with Gasteiger partial charge in [0.25, 0.3) is 0 Å². The average molecular weight is 612 g/mol. The fourth-order valence-corrected chi connectivity index (χ4v) is 7.89. The van der Waals surface area contributed by atoms with Crippen LogP contribution in [-0.4, -0.2) is 0 Å².